The fraction of sp³-hybridized carbons (Fsp3) is 0.467. The quantitative estimate of drug-likeness (QED) is 0.590. The molecule has 0 aliphatic rings. The molecule has 0 saturated carbocycles. The van der Waals surface area contributed by atoms with Gasteiger partial charge in [-0.15, -0.1) is 0 Å². The summed E-state index contributed by atoms with van der Waals surface area (Å²) < 4.78 is 0. The number of carboxylic acids is 1. The van der Waals surface area contributed by atoms with E-state index in [0.717, 1.165) is 0 Å². The molecule has 1 rings (SSSR count). The molecule has 0 heterocycles. The van der Waals surface area contributed by atoms with Crippen LogP contribution in [-0.2, 0) is 4.79 Å². The van der Waals surface area contributed by atoms with E-state index in [-0.39, 0.29) is 47.7 Å². The average Bonchev–Trinajstić information content (AvgIpc) is 2.36. The molecule has 0 amide bonds. The third-order valence-electron chi connectivity index (χ3n) is 3.08. The topological polar surface area (TPSA) is 80.4 Å². The van der Waals surface area contributed by atoms with Crippen LogP contribution in [0.25, 0.3) is 0 Å². The number of ketones is 1. The summed E-state index contributed by atoms with van der Waals surface area (Å²) in [5.41, 5.74) is 6.51. The fourth-order valence-electron chi connectivity index (χ4n) is 2.20. The van der Waals surface area contributed by atoms with E-state index >= 15 is 0 Å². The van der Waals surface area contributed by atoms with Crippen LogP contribution in [0, 0.1) is 11.8 Å². The Morgan fingerprint density at radius 1 is 1.20 bits per heavy atom. The van der Waals surface area contributed by atoms with Crippen molar-refractivity contribution in [2.75, 3.05) is 0 Å². The van der Waals surface area contributed by atoms with Gasteiger partial charge in [0.05, 0.1) is 12.5 Å². The van der Waals surface area contributed by atoms with Gasteiger partial charge in [0.25, 0.3) is 0 Å². The molecule has 106 valence electrons. The molecular formula is C15H22NNaO3. The van der Waals surface area contributed by atoms with Gasteiger partial charge in [-0.3, -0.25) is 9.59 Å². The predicted octanol–water partition coefficient (Wildman–Crippen LogP) is 1.69. The molecule has 4 nitrogen and oxygen atoms in total. The summed E-state index contributed by atoms with van der Waals surface area (Å²) in [5, 5.41) is 8.93. The van der Waals surface area contributed by atoms with E-state index in [0.29, 0.717) is 17.9 Å². The molecule has 2 atom stereocenters. The van der Waals surface area contributed by atoms with Gasteiger partial charge in [-0.1, -0.05) is 44.2 Å². The van der Waals surface area contributed by atoms with E-state index < -0.39 is 12.0 Å². The Balaban J connectivity index is 0.00000361. The summed E-state index contributed by atoms with van der Waals surface area (Å²) in [6, 6.07) is 8.01. The molecule has 3 N–H and O–H groups in total. The van der Waals surface area contributed by atoms with E-state index in [4.69, 9.17) is 10.8 Å². The number of Topliss-reactive ketones (excluding diaryl/α,β-unsaturated/α-hetero) is 1. The number of hydrogen-bond acceptors (Lipinski definition) is 3. The van der Waals surface area contributed by atoms with Crippen molar-refractivity contribution in [3.05, 3.63) is 35.9 Å². The van der Waals surface area contributed by atoms with Crippen LogP contribution in [0.3, 0.4) is 0 Å². The van der Waals surface area contributed by atoms with Crippen LogP contribution in [0.4, 0.5) is 0 Å². The van der Waals surface area contributed by atoms with E-state index in [1.54, 1.807) is 24.3 Å². The van der Waals surface area contributed by atoms with E-state index in [9.17, 15) is 9.59 Å². The Morgan fingerprint density at radius 3 is 2.20 bits per heavy atom. The number of carboxylic acid groups (broad SMARTS) is 1. The average molecular weight is 287 g/mol. The number of carbonyl (C=O) groups is 2. The van der Waals surface area contributed by atoms with Gasteiger partial charge in [-0.2, -0.15) is 0 Å². The molecule has 0 fully saturated rings. The summed E-state index contributed by atoms with van der Waals surface area (Å²) in [5.74, 6) is -1.13. The first-order chi connectivity index (χ1) is 8.91. The van der Waals surface area contributed by atoms with Crippen molar-refractivity contribution in [1.29, 1.82) is 0 Å². The third kappa shape index (κ3) is 6.18. The molecule has 1 aromatic carbocycles. The molecule has 0 radical (unpaired) electrons. The summed E-state index contributed by atoms with van der Waals surface area (Å²) in [6.45, 7) is 3.99. The van der Waals surface area contributed by atoms with Gasteiger partial charge >= 0.3 is 35.5 Å². The first kappa shape index (κ1) is 19.3. The molecular weight excluding hydrogens is 265 g/mol. The standard InChI is InChI=1S/C15H21NO3.Na.H/c1-10(2)8-12(9-13(17)18)14(16)15(19)11-6-4-3-5-7-11;;/h3-7,10,12,14H,8-9,16H2,1-2H3,(H,17,18);;/t12-,14?;;/m0../s1. The Hall–Kier alpha value is -0.680. The summed E-state index contributed by atoms with van der Waals surface area (Å²) >= 11 is 0. The van der Waals surface area contributed by atoms with Crippen LogP contribution in [0.2, 0.25) is 0 Å². The van der Waals surface area contributed by atoms with Crippen molar-refractivity contribution in [1.82, 2.24) is 0 Å². The van der Waals surface area contributed by atoms with Gasteiger partial charge in [-0.25, -0.2) is 0 Å². The van der Waals surface area contributed by atoms with Crippen molar-refractivity contribution in [2.24, 2.45) is 17.6 Å². The zero-order valence-corrected chi connectivity index (χ0v) is 11.4. The van der Waals surface area contributed by atoms with Gasteiger partial charge in [0.1, 0.15) is 0 Å². The number of hydrogen-bond donors (Lipinski definition) is 2. The minimum absolute atomic E-state index is 0. The van der Waals surface area contributed by atoms with E-state index in [1.807, 2.05) is 19.9 Å². The molecule has 0 spiro atoms. The summed E-state index contributed by atoms with van der Waals surface area (Å²) in [6.07, 6.45) is 0.559. The predicted molar refractivity (Wildman–Crippen MR) is 81.1 cm³/mol. The van der Waals surface area contributed by atoms with Crippen molar-refractivity contribution < 1.29 is 14.7 Å². The first-order valence-electron chi connectivity index (χ1n) is 6.48. The molecule has 1 unspecified atom stereocenters. The zero-order chi connectivity index (χ0) is 14.4. The molecule has 0 aliphatic carbocycles. The normalized spacial score (nSPS) is 13.4. The van der Waals surface area contributed by atoms with Gasteiger partial charge in [0.15, 0.2) is 5.78 Å². The van der Waals surface area contributed by atoms with Gasteiger partial charge in [-0.05, 0) is 18.3 Å². The Morgan fingerprint density at radius 2 is 1.75 bits per heavy atom. The van der Waals surface area contributed by atoms with Gasteiger partial charge < -0.3 is 10.8 Å². The first-order valence-corrected chi connectivity index (χ1v) is 6.48. The van der Waals surface area contributed by atoms with Crippen molar-refractivity contribution in [3.8, 4) is 0 Å². The molecule has 0 aromatic heterocycles. The SMILES string of the molecule is CC(C)C[C@@H](CC(=O)O)C(N)C(=O)c1ccccc1.[NaH]. The second-order valence-corrected chi connectivity index (χ2v) is 5.24. The third-order valence-corrected chi connectivity index (χ3v) is 3.08. The molecule has 0 bridgehead atoms. The maximum absolute atomic E-state index is 12.2. The van der Waals surface area contributed by atoms with Crippen LogP contribution < -0.4 is 5.73 Å². The summed E-state index contributed by atoms with van der Waals surface area (Å²) in [7, 11) is 0. The molecule has 20 heavy (non-hydrogen) atoms. The molecule has 5 heteroatoms. The number of carbonyl (C=O) groups excluding carboxylic acids is 1. The monoisotopic (exact) mass is 287 g/mol. The Bertz CT molecular complexity index is 434. The van der Waals surface area contributed by atoms with Crippen LogP contribution in [0.1, 0.15) is 37.0 Å². The fourth-order valence-corrected chi connectivity index (χ4v) is 2.20. The molecule has 1 aromatic rings. The second-order valence-electron chi connectivity index (χ2n) is 5.24. The van der Waals surface area contributed by atoms with Crippen molar-refractivity contribution in [3.63, 3.8) is 0 Å². The van der Waals surface area contributed by atoms with Crippen LogP contribution in [0.5, 0.6) is 0 Å². The van der Waals surface area contributed by atoms with Gasteiger partial charge in [0.2, 0.25) is 0 Å². The van der Waals surface area contributed by atoms with E-state index in [2.05, 4.69) is 0 Å². The number of aliphatic carboxylic acids is 1. The van der Waals surface area contributed by atoms with Crippen LogP contribution in [0.15, 0.2) is 30.3 Å². The molecule has 0 saturated heterocycles. The summed E-state index contributed by atoms with van der Waals surface area (Å²) in [4.78, 5) is 23.1. The molecule has 0 aliphatic heterocycles. The second kappa shape index (κ2) is 9.29. The minimum atomic E-state index is -0.915. The number of rotatable bonds is 7. The van der Waals surface area contributed by atoms with Crippen molar-refractivity contribution in [2.45, 2.75) is 32.7 Å². The Kier molecular flexibility index (Phi) is 8.98. The number of benzene rings is 1. The van der Waals surface area contributed by atoms with E-state index in [1.165, 1.54) is 0 Å². The Labute approximate surface area is 142 Å². The van der Waals surface area contributed by atoms with Crippen LogP contribution >= 0.6 is 0 Å². The maximum atomic E-state index is 12.2. The van der Waals surface area contributed by atoms with Crippen molar-refractivity contribution >= 4 is 41.3 Å². The van der Waals surface area contributed by atoms with Crippen LogP contribution in [-0.4, -0.2) is 52.5 Å². The number of nitrogens with two attached hydrogens (primary N) is 1. The zero-order valence-electron chi connectivity index (χ0n) is 11.4. The van der Waals surface area contributed by atoms with Gasteiger partial charge in [0, 0.05) is 5.56 Å².